The highest BCUT2D eigenvalue weighted by atomic mass is 14.4. The second kappa shape index (κ2) is 7.64. The van der Waals surface area contributed by atoms with E-state index in [0.717, 1.165) is 12.8 Å². The summed E-state index contributed by atoms with van der Waals surface area (Å²) >= 11 is 0. The van der Waals surface area contributed by atoms with Gasteiger partial charge in [-0.1, -0.05) is 115 Å². The molecule has 0 aromatic heterocycles. The van der Waals surface area contributed by atoms with Crippen LogP contribution in [0.5, 0.6) is 0 Å². The largest absolute Gasteiger partial charge is 0.0651 e. The molecule has 0 saturated heterocycles. The van der Waals surface area contributed by atoms with Gasteiger partial charge in [-0.25, -0.2) is 0 Å². The first-order valence-corrected chi connectivity index (χ1v) is 11.8. The van der Waals surface area contributed by atoms with Gasteiger partial charge in [0.1, 0.15) is 0 Å². The normalized spacial score (nSPS) is 18.9. The minimum absolute atomic E-state index is 0.478. The Kier molecular flexibility index (Phi) is 4.61. The lowest BCUT2D eigenvalue weighted by atomic mass is 9.80. The fraction of sp³-hybridized carbons (Fsp3) is 0.188. The van der Waals surface area contributed by atoms with Gasteiger partial charge in [-0.2, -0.15) is 0 Å². The number of hydrogen-bond donors (Lipinski definition) is 0. The number of rotatable bonds is 4. The second-order valence-corrected chi connectivity index (χ2v) is 9.27. The van der Waals surface area contributed by atoms with Crippen LogP contribution in [-0.2, 0) is 0 Å². The quantitative estimate of drug-likeness (QED) is 0.314. The lowest BCUT2D eigenvalue weighted by Crippen LogP contribution is -2.07. The van der Waals surface area contributed by atoms with E-state index in [4.69, 9.17) is 0 Å². The Morgan fingerprint density at radius 2 is 1.44 bits per heavy atom. The molecule has 0 nitrogen and oxygen atoms in total. The fourth-order valence-electron chi connectivity index (χ4n) is 5.93. The predicted molar refractivity (Wildman–Crippen MR) is 138 cm³/mol. The van der Waals surface area contributed by atoms with Crippen LogP contribution in [0.15, 0.2) is 96.1 Å². The van der Waals surface area contributed by atoms with E-state index in [-0.39, 0.29) is 0 Å². The van der Waals surface area contributed by atoms with Gasteiger partial charge in [0.2, 0.25) is 0 Å². The van der Waals surface area contributed by atoms with Crippen LogP contribution in [0.1, 0.15) is 60.8 Å². The number of hydrogen-bond acceptors (Lipinski definition) is 0. The third-order valence-corrected chi connectivity index (χ3v) is 7.56. The Morgan fingerprint density at radius 3 is 2.28 bits per heavy atom. The molecule has 32 heavy (non-hydrogen) atoms. The van der Waals surface area contributed by atoms with Crippen molar-refractivity contribution in [1.82, 2.24) is 0 Å². The lowest BCUT2D eigenvalue weighted by Gasteiger charge is -2.23. The minimum Gasteiger partial charge on any atom is -0.0651 e. The third kappa shape index (κ3) is 2.98. The second-order valence-electron chi connectivity index (χ2n) is 9.27. The van der Waals surface area contributed by atoms with Gasteiger partial charge in [-0.15, -0.1) is 0 Å². The zero-order valence-electron chi connectivity index (χ0n) is 18.8. The van der Waals surface area contributed by atoms with E-state index in [1.807, 2.05) is 0 Å². The number of benzene rings is 4. The summed E-state index contributed by atoms with van der Waals surface area (Å²) in [5, 5.41) is 2.73. The summed E-state index contributed by atoms with van der Waals surface area (Å²) in [5.41, 5.74) is 11.6. The standard InChI is InChI=1S/C32H28/c1-3-22-19-32-25-13-8-7-12-24(25)16-17-28(32)30(22)20-29-21(2)18-31-26(14-9-15-27(29)31)23-10-5-4-6-11-23/h4-19,29-30H,3,20H2,1-2H3. The SMILES string of the molecule is CCC1=Cc2c(ccc3ccccc23)C1CC1C(C)=Cc2c(-c3ccccc3)cccc21. The van der Waals surface area contributed by atoms with Gasteiger partial charge in [0.05, 0.1) is 0 Å². The van der Waals surface area contributed by atoms with Gasteiger partial charge >= 0.3 is 0 Å². The molecule has 2 unspecified atom stereocenters. The van der Waals surface area contributed by atoms with Crippen LogP contribution in [0.3, 0.4) is 0 Å². The monoisotopic (exact) mass is 412 g/mol. The first-order valence-electron chi connectivity index (χ1n) is 11.8. The highest BCUT2D eigenvalue weighted by Crippen LogP contribution is 2.50. The molecule has 2 aliphatic rings. The molecule has 0 radical (unpaired) electrons. The first-order chi connectivity index (χ1) is 15.7. The lowest BCUT2D eigenvalue weighted by molar-refractivity contribution is 0.631. The molecule has 4 aromatic rings. The van der Waals surface area contributed by atoms with Crippen molar-refractivity contribution in [3.8, 4) is 11.1 Å². The van der Waals surface area contributed by atoms with Gasteiger partial charge in [0.15, 0.2) is 0 Å². The molecule has 0 aliphatic heterocycles. The van der Waals surface area contributed by atoms with Crippen LogP contribution < -0.4 is 0 Å². The summed E-state index contributed by atoms with van der Waals surface area (Å²) in [4.78, 5) is 0. The van der Waals surface area contributed by atoms with Crippen molar-refractivity contribution >= 4 is 22.9 Å². The average molecular weight is 413 g/mol. The Labute approximate surface area is 190 Å². The van der Waals surface area contributed by atoms with Crippen molar-refractivity contribution in [3.63, 3.8) is 0 Å². The summed E-state index contributed by atoms with van der Waals surface area (Å²) < 4.78 is 0. The van der Waals surface area contributed by atoms with E-state index >= 15 is 0 Å². The molecule has 4 aromatic carbocycles. The molecular formula is C32H28. The van der Waals surface area contributed by atoms with E-state index in [1.54, 1.807) is 5.57 Å². The Bertz CT molecular complexity index is 1380. The van der Waals surface area contributed by atoms with Crippen molar-refractivity contribution in [2.45, 2.75) is 38.5 Å². The van der Waals surface area contributed by atoms with Crippen LogP contribution in [0.25, 0.3) is 34.1 Å². The highest BCUT2D eigenvalue weighted by molar-refractivity contribution is 5.94. The molecule has 6 rings (SSSR count). The van der Waals surface area contributed by atoms with E-state index in [1.165, 1.54) is 49.7 Å². The molecule has 0 heterocycles. The third-order valence-electron chi connectivity index (χ3n) is 7.56. The van der Waals surface area contributed by atoms with E-state index in [2.05, 4.69) is 111 Å². The van der Waals surface area contributed by atoms with E-state index in [9.17, 15) is 0 Å². The van der Waals surface area contributed by atoms with Gasteiger partial charge in [-0.05, 0) is 63.9 Å². The predicted octanol–water partition coefficient (Wildman–Crippen LogP) is 8.99. The van der Waals surface area contributed by atoms with Crippen molar-refractivity contribution < 1.29 is 0 Å². The van der Waals surface area contributed by atoms with Gasteiger partial charge < -0.3 is 0 Å². The minimum atomic E-state index is 0.478. The van der Waals surface area contributed by atoms with E-state index < -0.39 is 0 Å². The average Bonchev–Trinajstić information content (AvgIpc) is 3.37. The molecule has 2 aliphatic carbocycles. The fourth-order valence-corrected chi connectivity index (χ4v) is 5.93. The molecule has 0 N–H and O–H groups in total. The van der Waals surface area contributed by atoms with Gasteiger partial charge in [0, 0.05) is 11.8 Å². The molecule has 0 fully saturated rings. The highest BCUT2D eigenvalue weighted by Gasteiger charge is 2.32. The molecule has 156 valence electrons. The topological polar surface area (TPSA) is 0 Å². The Morgan fingerprint density at radius 1 is 0.656 bits per heavy atom. The zero-order valence-corrected chi connectivity index (χ0v) is 18.8. The summed E-state index contributed by atoms with van der Waals surface area (Å²) in [6, 6.07) is 31.2. The smallest absolute Gasteiger partial charge is 0.00664 e. The van der Waals surface area contributed by atoms with Crippen molar-refractivity contribution in [1.29, 1.82) is 0 Å². The molecule has 0 spiro atoms. The Hall–Kier alpha value is -3.38. The maximum absolute atomic E-state index is 2.48. The van der Waals surface area contributed by atoms with Crippen molar-refractivity contribution in [3.05, 3.63) is 118 Å². The molecule has 0 bridgehead atoms. The van der Waals surface area contributed by atoms with Crippen molar-refractivity contribution in [2.75, 3.05) is 0 Å². The maximum atomic E-state index is 2.48. The Balaban J connectivity index is 1.41. The number of allylic oxidation sites excluding steroid dienone is 2. The summed E-state index contributed by atoms with van der Waals surface area (Å²) in [5.74, 6) is 0.977. The maximum Gasteiger partial charge on any atom is 0.00664 e. The van der Waals surface area contributed by atoms with Crippen LogP contribution in [0, 0.1) is 0 Å². The molecular weight excluding hydrogens is 384 g/mol. The molecule has 0 heteroatoms. The summed E-state index contributed by atoms with van der Waals surface area (Å²) in [6.07, 6.45) is 7.18. The first kappa shape index (κ1) is 19.3. The molecule has 0 saturated carbocycles. The van der Waals surface area contributed by atoms with Crippen LogP contribution in [0.2, 0.25) is 0 Å². The van der Waals surface area contributed by atoms with Crippen LogP contribution in [-0.4, -0.2) is 0 Å². The molecule has 0 amide bonds. The van der Waals surface area contributed by atoms with Gasteiger partial charge in [0.25, 0.3) is 0 Å². The summed E-state index contributed by atoms with van der Waals surface area (Å²) in [7, 11) is 0. The number of fused-ring (bicyclic) bond motifs is 4. The van der Waals surface area contributed by atoms with E-state index in [0.29, 0.717) is 11.8 Å². The van der Waals surface area contributed by atoms with Gasteiger partial charge in [-0.3, -0.25) is 0 Å². The molecule has 2 atom stereocenters. The summed E-state index contributed by atoms with van der Waals surface area (Å²) in [6.45, 7) is 4.64. The zero-order chi connectivity index (χ0) is 21.7. The van der Waals surface area contributed by atoms with Crippen molar-refractivity contribution in [2.24, 2.45) is 0 Å². The van der Waals surface area contributed by atoms with Crippen LogP contribution >= 0.6 is 0 Å². The van der Waals surface area contributed by atoms with Crippen LogP contribution in [0.4, 0.5) is 0 Å².